The smallest absolute Gasteiger partial charge is 0.254 e. The third-order valence-corrected chi connectivity index (χ3v) is 6.03. The number of nitrogens with zero attached hydrogens (tertiary/aromatic N) is 2. The molecule has 0 aliphatic carbocycles. The maximum absolute atomic E-state index is 13.0. The molecule has 0 N–H and O–H groups in total. The standard InChI is InChI=1S/C17H23BrN2O2S/c18-15-4-1-3-14(11-15)17(21)20-5-2-10-23-13-16(20)12-19-6-8-22-9-7-19/h1,3-4,11,16H,2,5-10,12-13H2. The second-order valence-corrected chi connectivity index (χ2v) is 8.07. The van der Waals surface area contributed by atoms with E-state index in [1.165, 1.54) is 0 Å². The zero-order chi connectivity index (χ0) is 16.1. The first-order chi connectivity index (χ1) is 11.2. The van der Waals surface area contributed by atoms with Crippen LogP contribution in [0.3, 0.4) is 0 Å². The number of rotatable bonds is 3. The molecule has 6 heteroatoms. The molecule has 0 radical (unpaired) electrons. The molecule has 2 heterocycles. The quantitative estimate of drug-likeness (QED) is 0.783. The number of hydrogen-bond donors (Lipinski definition) is 0. The molecule has 1 atom stereocenters. The van der Waals surface area contributed by atoms with Crippen molar-refractivity contribution < 1.29 is 9.53 Å². The lowest BCUT2D eigenvalue weighted by atomic mass is 10.1. The molecular weight excluding hydrogens is 376 g/mol. The van der Waals surface area contributed by atoms with Crippen molar-refractivity contribution >= 4 is 33.6 Å². The molecule has 1 amide bonds. The molecule has 1 aromatic rings. The highest BCUT2D eigenvalue weighted by Gasteiger charge is 2.28. The van der Waals surface area contributed by atoms with Gasteiger partial charge in [-0.2, -0.15) is 11.8 Å². The Balaban J connectivity index is 1.73. The van der Waals surface area contributed by atoms with E-state index in [1.807, 2.05) is 36.0 Å². The molecule has 0 spiro atoms. The fourth-order valence-corrected chi connectivity index (χ4v) is 4.57. The van der Waals surface area contributed by atoms with Gasteiger partial charge in [-0.3, -0.25) is 9.69 Å². The minimum Gasteiger partial charge on any atom is -0.379 e. The number of carbonyl (C=O) groups excluding carboxylic acids is 1. The highest BCUT2D eigenvalue weighted by molar-refractivity contribution is 9.10. The van der Waals surface area contributed by atoms with E-state index in [0.717, 1.165) is 67.4 Å². The zero-order valence-corrected chi connectivity index (χ0v) is 15.7. The summed E-state index contributed by atoms with van der Waals surface area (Å²) < 4.78 is 6.39. The Morgan fingerprint density at radius 1 is 1.30 bits per heavy atom. The van der Waals surface area contributed by atoms with Gasteiger partial charge in [-0.05, 0) is 30.4 Å². The van der Waals surface area contributed by atoms with Gasteiger partial charge in [0.25, 0.3) is 5.91 Å². The van der Waals surface area contributed by atoms with Crippen LogP contribution in [0.25, 0.3) is 0 Å². The number of benzene rings is 1. The first kappa shape index (κ1) is 17.3. The lowest BCUT2D eigenvalue weighted by Crippen LogP contribution is -2.50. The molecular formula is C17H23BrN2O2S. The summed E-state index contributed by atoms with van der Waals surface area (Å²) in [6.07, 6.45) is 1.07. The van der Waals surface area contributed by atoms with Gasteiger partial charge in [0.15, 0.2) is 0 Å². The Hall–Kier alpha value is -0.560. The molecule has 1 aromatic carbocycles. The van der Waals surface area contributed by atoms with Crippen LogP contribution < -0.4 is 0 Å². The molecule has 23 heavy (non-hydrogen) atoms. The van der Waals surface area contributed by atoms with Crippen LogP contribution in [-0.4, -0.2) is 72.6 Å². The van der Waals surface area contributed by atoms with E-state index >= 15 is 0 Å². The molecule has 3 rings (SSSR count). The first-order valence-corrected chi connectivity index (χ1v) is 10.1. The molecule has 126 valence electrons. The van der Waals surface area contributed by atoms with Crippen LogP contribution >= 0.6 is 27.7 Å². The van der Waals surface area contributed by atoms with Crippen LogP contribution in [0.2, 0.25) is 0 Å². The predicted molar refractivity (Wildman–Crippen MR) is 98.2 cm³/mol. The van der Waals surface area contributed by atoms with Crippen molar-refractivity contribution in [2.75, 3.05) is 50.9 Å². The van der Waals surface area contributed by atoms with Crippen molar-refractivity contribution in [1.82, 2.24) is 9.80 Å². The lowest BCUT2D eigenvalue weighted by Gasteiger charge is -2.35. The van der Waals surface area contributed by atoms with Crippen molar-refractivity contribution in [2.24, 2.45) is 0 Å². The molecule has 2 aliphatic heterocycles. The highest BCUT2D eigenvalue weighted by atomic mass is 79.9. The summed E-state index contributed by atoms with van der Waals surface area (Å²) in [5.74, 6) is 2.32. The van der Waals surface area contributed by atoms with Gasteiger partial charge in [-0.25, -0.2) is 0 Å². The number of carbonyl (C=O) groups is 1. The van der Waals surface area contributed by atoms with Crippen molar-refractivity contribution in [1.29, 1.82) is 0 Å². The van der Waals surface area contributed by atoms with E-state index in [2.05, 4.69) is 25.7 Å². The van der Waals surface area contributed by atoms with E-state index in [4.69, 9.17) is 4.74 Å². The summed E-state index contributed by atoms with van der Waals surface area (Å²) in [5, 5.41) is 0. The third-order valence-electron chi connectivity index (χ3n) is 4.34. The van der Waals surface area contributed by atoms with Crippen LogP contribution in [0.4, 0.5) is 0 Å². The van der Waals surface area contributed by atoms with Gasteiger partial charge in [0.2, 0.25) is 0 Å². The summed E-state index contributed by atoms with van der Waals surface area (Å²) in [7, 11) is 0. The van der Waals surface area contributed by atoms with Gasteiger partial charge < -0.3 is 9.64 Å². The van der Waals surface area contributed by atoms with E-state index in [-0.39, 0.29) is 11.9 Å². The summed E-state index contributed by atoms with van der Waals surface area (Å²) >= 11 is 5.44. The predicted octanol–water partition coefficient (Wildman–Crippen LogP) is 2.73. The third kappa shape index (κ3) is 4.72. The molecule has 2 saturated heterocycles. The Kier molecular flexibility index (Phi) is 6.39. The Morgan fingerprint density at radius 3 is 2.91 bits per heavy atom. The monoisotopic (exact) mass is 398 g/mol. The Bertz CT molecular complexity index is 537. The SMILES string of the molecule is O=C(c1cccc(Br)c1)N1CCCSCC1CN1CCOCC1. The molecule has 1 unspecified atom stereocenters. The summed E-state index contributed by atoms with van der Waals surface area (Å²) in [6, 6.07) is 8.01. The normalized spacial score (nSPS) is 23.5. The van der Waals surface area contributed by atoms with Crippen molar-refractivity contribution in [3.63, 3.8) is 0 Å². The first-order valence-electron chi connectivity index (χ1n) is 8.18. The number of halogens is 1. The average molecular weight is 399 g/mol. The zero-order valence-electron chi connectivity index (χ0n) is 13.2. The lowest BCUT2D eigenvalue weighted by molar-refractivity contribution is 0.0245. The summed E-state index contributed by atoms with van der Waals surface area (Å²) in [6.45, 7) is 5.36. The Labute approximate surface area is 150 Å². The van der Waals surface area contributed by atoms with Gasteiger partial charge in [0.1, 0.15) is 0 Å². The maximum Gasteiger partial charge on any atom is 0.254 e. The van der Waals surface area contributed by atoms with Gasteiger partial charge in [-0.1, -0.05) is 22.0 Å². The van der Waals surface area contributed by atoms with Crippen molar-refractivity contribution in [2.45, 2.75) is 12.5 Å². The van der Waals surface area contributed by atoms with E-state index in [9.17, 15) is 4.79 Å². The highest BCUT2D eigenvalue weighted by Crippen LogP contribution is 2.21. The number of ether oxygens (including phenoxy) is 1. The van der Waals surface area contributed by atoms with Crippen LogP contribution in [0.15, 0.2) is 28.7 Å². The largest absolute Gasteiger partial charge is 0.379 e. The van der Waals surface area contributed by atoms with E-state index in [0.29, 0.717) is 0 Å². The van der Waals surface area contributed by atoms with Crippen molar-refractivity contribution in [3.05, 3.63) is 34.3 Å². The number of hydrogen-bond acceptors (Lipinski definition) is 4. The van der Waals surface area contributed by atoms with Crippen LogP contribution in [0.5, 0.6) is 0 Å². The van der Waals surface area contributed by atoms with Gasteiger partial charge >= 0.3 is 0 Å². The summed E-state index contributed by atoms with van der Waals surface area (Å²) in [5.41, 5.74) is 0.776. The number of thioether (sulfide) groups is 1. The van der Waals surface area contributed by atoms with Crippen LogP contribution in [0.1, 0.15) is 16.8 Å². The van der Waals surface area contributed by atoms with Gasteiger partial charge in [0.05, 0.1) is 19.3 Å². The maximum atomic E-state index is 13.0. The van der Waals surface area contributed by atoms with E-state index in [1.54, 1.807) is 0 Å². The molecule has 0 bridgehead atoms. The minimum absolute atomic E-state index is 0.159. The van der Waals surface area contributed by atoms with Gasteiger partial charge in [-0.15, -0.1) is 0 Å². The molecule has 2 aliphatic rings. The van der Waals surface area contributed by atoms with Crippen molar-refractivity contribution in [3.8, 4) is 0 Å². The average Bonchev–Trinajstić information content (AvgIpc) is 2.81. The molecule has 4 nitrogen and oxygen atoms in total. The molecule has 2 fully saturated rings. The number of amides is 1. The van der Waals surface area contributed by atoms with E-state index < -0.39 is 0 Å². The fourth-order valence-electron chi connectivity index (χ4n) is 3.12. The topological polar surface area (TPSA) is 32.8 Å². The molecule has 0 saturated carbocycles. The molecule has 0 aromatic heterocycles. The summed E-state index contributed by atoms with van der Waals surface area (Å²) in [4.78, 5) is 17.5. The Morgan fingerprint density at radius 2 is 2.13 bits per heavy atom. The minimum atomic E-state index is 0.159. The van der Waals surface area contributed by atoms with Gasteiger partial charge in [0, 0.05) is 42.0 Å². The van der Waals surface area contributed by atoms with Crippen LogP contribution in [-0.2, 0) is 4.74 Å². The second-order valence-electron chi connectivity index (χ2n) is 6.00. The second kappa shape index (κ2) is 8.51. The van der Waals surface area contributed by atoms with Crippen LogP contribution in [0, 0.1) is 0 Å². The number of morpholine rings is 1. The fraction of sp³-hybridized carbons (Fsp3) is 0.588.